The number of anilines is 1. The van der Waals surface area contributed by atoms with Crippen LogP contribution >= 0.6 is 0 Å². The molecule has 94 valence electrons. The van der Waals surface area contributed by atoms with Crippen molar-refractivity contribution in [1.82, 2.24) is 19.5 Å². The highest BCUT2D eigenvalue weighted by atomic mass is 15.1. The molecule has 0 saturated heterocycles. The predicted molar refractivity (Wildman–Crippen MR) is 73.4 cm³/mol. The molecule has 3 heterocycles. The molecule has 0 spiro atoms. The van der Waals surface area contributed by atoms with Crippen molar-refractivity contribution in [1.29, 1.82) is 0 Å². The molecule has 1 fully saturated rings. The average Bonchev–Trinajstić information content (AvgIpc) is 3.18. The van der Waals surface area contributed by atoms with E-state index in [4.69, 9.17) is 10.7 Å². The molecule has 1 aliphatic carbocycles. The van der Waals surface area contributed by atoms with Gasteiger partial charge in [0, 0.05) is 30.2 Å². The van der Waals surface area contributed by atoms with Gasteiger partial charge in [0.2, 0.25) is 0 Å². The number of nitrogen functional groups attached to an aromatic ring is 1. The van der Waals surface area contributed by atoms with Crippen LogP contribution in [0, 0.1) is 0 Å². The first-order valence-electron chi connectivity index (χ1n) is 6.36. The number of rotatable bonds is 2. The zero-order valence-electron chi connectivity index (χ0n) is 10.3. The van der Waals surface area contributed by atoms with Gasteiger partial charge in [0.1, 0.15) is 11.3 Å². The maximum absolute atomic E-state index is 5.82. The van der Waals surface area contributed by atoms with Crippen LogP contribution < -0.4 is 5.73 Å². The van der Waals surface area contributed by atoms with Crippen LogP contribution in [0.2, 0.25) is 0 Å². The van der Waals surface area contributed by atoms with Gasteiger partial charge in [0.15, 0.2) is 0 Å². The smallest absolute Gasteiger partial charge is 0.143 e. The topological polar surface area (TPSA) is 69.6 Å². The molecule has 5 heteroatoms. The van der Waals surface area contributed by atoms with Crippen LogP contribution in [0.25, 0.3) is 22.4 Å². The number of hydrogen-bond acceptors (Lipinski definition) is 4. The molecule has 0 aliphatic heterocycles. The van der Waals surface area contributed by atoms with E-state index < -0.39 is 0 Å². The molecule has 0 radical (unpaired) electrons. The van der Waals surface area contributed by atoms with Crippen LogP contribution in [0.1, 0.15) is 18.9 Å². The molecule has 5 nitrogen and oxygen atoms in total. The van der Waals surface area contributed by atoms with Crippen molar-refractivity contribution >= 4 is 16.7 Å². The lowest BCUT2D eigenvalue weighted by molar-refractivity contribution is 0.774. The zero-order chi connectivity index (χ0) is 12.8. The minimum absolute atomic E-state index is 0.545. The van der Waals surface area contributed by atoms with Crippen molar-refractivity contribution in [2.75, 3.05) is 5.73 Å². The molecule has 0 unspecified atom stereocenters. The summed E-state index contributed by atoms with van der Waals surface area (Å²) in [6.07, 6.45) is 9.48. The van der Waals surface area contributed by atoms with Crippen LogP contribution in [-0.4, -0.2) is 19.5 Å². The summed E-state index contributed by atoms with van der Waals surface area (Å²) in [6.45, 7) is 0. The molecular formula is C14H13N5. The second-order valence-electron chi connectivity index (χ2n) is 4.91. The Morgan fingerprint density at radius 1 is 1.16 bits per heavy atom. The van der Waals surface area contributed by atoms with Crippen molar-refractivity contribution in [3.8, 4) is 11.4 Å². The van der Waals surface area contributed by atoms with Crippen molar-refractivity contribution in [3.63, 3.8) is 0 Å². The number of aromatic nitrogens is 4. The molecule has 0 aromatic carbocycles. The Balaban J connectivity index is 2.00. The third-order valence-corrected chi connectivity index (χ3v) is 3.42. The van der Waals surface area contributed by atoms with E-state index in [1.54, 1.807) is 12.4 Å². The summed E-state index contributed by atoms with van der Waals surface area (Å²) >= 11 is 0. The fraction of sp³-hybridized carbons (Fsp3) is 0.214. The number of nitrogens with zero attached hydrogens (tertiary/aromatic N) is 4. The molecule has 1 saturated carbocycles. The molecular weight excluding hydrogens is 238 g/mol. The van der Waals surface area contributed by atoms with E-state index in [1.807, 2.05) is 24.5 Å². The molecule has 3 aromatic heterocycles. The Kier molecular flexibility index (Phi) is 2.09. The first kappa shape index (κ1) is 10.5. The van der Waals surface area contributed by atoms with Gasteiger partial charge >= 0.3 is 0 Å². The Labute approximate surface area is 110 Å². The number of imidazole rings is 1. The summed E-state index contributed by atoms with van der Waals surface area (Å²) in [4.78, 5) is 13.0. The fourth-order valence-electron chi connectivity index (χ4n) is 2.44. The highest BCUT2D eigenvalue weighted by Gasteiger charge is 2.28. The highest BCUT2D eigenvalue weighted by Crippen LogP contribution is 2.41. The largest absolute Gasteiger partial charge is 0.397 e. The second-order valence-corrected chi connectivity index (χ2v) is 4.91. The maximum Gasteiger partial charge on any atom is 0.143 e. The van der Waals surface area contributed by atoms with Crippen molar-refractivity contribution in [2.24, 2.45) is 0 Å². The second kappa shape index (κ2) is 3.78. The zero-order valence-corrected chi connectivity index (χ0v) is 10.3. The third kappa shape index (κ3) is 1.66. The molecule has 0 bridgehead atoms. The minimum Gasteiger partial charge on any atom is -0.397 e. The Morgan fingerprint density at radius 3 is 2.84 bits per heavy atom. The number of nitrogens with two attached hydrogens (primary N) is 1. The van der Waals surface area contributed by atoms with Crippen LogP contribution in [0.3, 0.4) is 0 Å². The molecule has 0 atom stereocenters. The van der Waals surface area contributed by atoms with Crippen LogP contribution in [0.5, 0.6) is 0 Å². The van der Waals surface area contributed by atoms with Crippen LogP contribution in [0.4, 0.5) is 5.69 Å². The highest BCUT2D eigenvalue weighted by molar-refractivity contribution is 5.80. The first-order chi connectivity index (χ1) is 9.33. The summed E-state index contributed by atoms with van der Waals surface area (Å²) in [5.41, 5.74) is 9.50. The van der Waals surface area contributed by atoms with Crippen molar-refractivity contribution in [3.05, 3.63) is 36.9 Å². The standard InChI is InChI=1S/C14H13N5/c15-10-5-9(6-17-7-10)14-18-12-8-16-4-3-13(12)19(14)11-1-2-11/h3-8,11H,1-2,15H2. The Hall–Kier alpha value is -2.43. The maximum atomic E-state index is 5.82. The Bertz CT molecular complexity index is 757. The third-order valence-electron chi connectivity index (χ3n) is 3.42. The summed E-state index contributed by atoms with van der Waals surface area (Å²) in [7, 11) is 0. The van der Waals surface area contributed by atoms with Gasteiger partial charge in [-0.3, -0.25) is 9.97 Å². The minimum atomic E-state index is 0.545. The van der Waals surface area contributed by atoms with E-state index in [0.717, 1.165) is 22.4 Å². The summed E-state index contributed by atoms with van der Waals surface area (Å²) < 4.78 is 2.29. The van der Waals surface area contributed by atoms with Crippen LogP contribution in [0.15, 0.2) is 36.9 Å². The van der Waals surface area contributed by atoms with Gasteiger partial charge in [-0.25, -0.2) is 4.98 Å². The SMILES string of the molecule is Nc1cncc(-c2nc3cnccc3n2C2CC2)c1. The molecule has 19 heavy (non-hydrogen) atoms. The molecule has 1 aliphatic rings. The number of fused-ring (bicyclic) bond motifs is 1. The molecule has 3 aromatic rings. The first-order valence-corrected chi connectivity index (χ1v) is 6.36. The lowest BCUT2D eigenvalue weighted by Gasteiger charge is -2.07. The van der Waals surface area contributed by atoms with Gasteiger partial charge in [-0.05, 0) is 25.0 Å². The van der Waals surface area contributed by atoms with Gasteiger partial charge in [-0.1, -0.05) is 0 Å². The van der Waals surface area contributed by atoms with Gasteiger partial charge in [0.25, 0.3) is 0 Å². The monoisotopic (exact) mass is 251 g/mol. The molecule has 4 rings (SSSR count). The molecule has 2 N–H and O–H groups in total. The summed E-state index contributed by atoms with van der Waals surface area (Å²) in [5, 5.41) is 0. The number of hydrogen-bond donors (Lipinski definition) is 1. The quantitative estimate of drug-likeness (QED) is 0.759. The lowest BCUT2D eigenvalue weighted by atomic mass is 10.2. The van der Waals surface area contributed by atoms with Gasteiger partial charge < -0.3 is 10.3 Å². The van der Waals surface area contributed by atoms with Crippen molar-refractivity contribution in [2.45, 2.75) is 18.9 Å². The average molecular weight is 251 g/mol. The Morgan fingerprint density at radius 2 is 2.05 bits per heavy atom. The predicted octanol–water partition coefficient (Wildman–Crippen LogP) is 2.41. The normalized spacial score (nSPS) is 14.9. The lowest BCUT2D eigenvalue weighted by Crippen LogP contribution is -1.98. The van der Waals surface area contributed by atoms with Crippen molar-refractivity contribution < 1.29 is 0 Å². The fourth-order valence-corrected chi connectivity index (χ4v) is 2.44. The molecule has 0 amide bonds. The van der Waals surface area contributed by atoms with Gasteiger partial charge in [-0.2, -0.15) is 0 Å². The van der Waals surface area contributed by atoms with E-state index >= 15 is 0 Å². The van der Waals surface area contributed by atoms with Gasteiger partial charge in [0.05, 0.1) is 17.4 Å². The van der Waals surface area contributed by atoms with E-state index in [0.29, 0.717) is 11.7 Å². The van der Waals surface area contributed by atoms with Gasteiger partial charge in [-0.15, -0.1) is 0 Å². The van der Waals surface area contributed by atoms with E-state index in [1.165, 1.54) is 12.8 Å². The van der Waals surface area contributed by atoms with E-state index in [9.17, 15) is 0 Å². The summed E-state index contributed by atoms with van der Waals surface area (Å²) in [6, 6.07) is 4.48. The van der Waals surface area contributed by atoms with E-state index in [2.05, 4.69) is 14.5 Å². The van der Waals surface area contributed by atoms with E-state index in [-0.39, 0.29) is 0 Å². The summed E-state index contributed by atoms with van der Waals surface area (Å²) in [5.74, 6) is 0.935. The van der Waals surface area contributed by atoms with Crippen LogP contribution in [-0.2, 0) is 0 Å². The number of pyridine rings is 2.